The molecule has 2 aliphatic carbocycles. The van der Waals surface area contributed by atoms with Crippen LogP contribution in [0.15, 0.2) is 84.9 Å². The largest absolute Gasteiger partial charge is 0.358 e. The van der Waals surface area contributed by atoms with Crippen molar-refractivity contribution in [2.45, 2.75) is 12.8 Å². The summed E-state index contributed by atoms with van der Waals surface area (Å²) >= 11 is 0. The fraction of sp³-hybridized carbons (Fsp3) is 0.0714. The summed E-state index contributed by atoms with van der Waals surface area (Å²) in [6.45, 7) is 0. The van der Waals surface area contributed by atoms with Gasteiger partial charge in [0.2, 0.25) is 0 Å². The molecule has 0 aromatic heterocycles. The van der Waals surface area contributed by atoms with E-state index in [1.165, 1.54) is 55.6 Å². The van der Waals surface area contributed by atoms with Crippen LogP contribution in [0.2, 0.25) is 0 Å². The van der Waals surface area contributed by atoms with E-state index in [0.717, 1.165) is 12.8 Å². The molecule has 1 radical (unpaired) electrons. The van der Waals surface area contributed by atoms with Crippen molar-refractivity contribution < 1.29 is 25.8 Å². The van der Waals surface area contributed by atoms with Crippen molar-refractivity contribution in [3.63, 3.8) is 0 Å². The van der Waals surface area contributed by atoms with E-state index in [9.17, 15) is 0 Å². The van der Waals surface area contributed by atoms with E-state index in [-0.39, 0.29) is 33.3 Å². The van der Waals surface area contributed by atoms with Crippen molar-refractivity contribution in [2.24, 2.45) is 0 Å². The zero-order chi connectivity index (χ0) is 17.8. The maximum atomic E-state index is 2.40. The van der Waals surface area contributed by atoms with Gasteiger partial charge in [0.25, 0.3) is 0 Å². The molecular weight excluding hydrogens is 381 g/mol. The summed E-state index contributed by atoms with van der Waals surface area (Å²) in [5, 5.41) is 0. The SMILES string of the molecule is [CH3-].[Sc].c1ccc2c(c1)Cc1c([CH-]c3cccc4c3Cc3ccccc3-4)cccc1-2. The van der Waals surface area contributed by atoms with E-state index in [4.69, 9.17) is 0 Å². The molecule has 0 saturated carbocycles. The molecule has 0 unspecified atom stereocenters. The molecule has 6 rings (SSSR count). The molecule has 1 heteroatoms. The molecule has 2 aliphatic rings. The predicted molar refractivity (Wildman–Crippen MR) is 118 cm³/mol. The van der Waals surface area contributed by atoms with Crippen LogP contribution in [0.25, 0.3) is 22.3 Å². The topological polar surface area (TPSA) is 0 Å². The predicted octanol–water partition coefficient (Wildman–Crippen LogP) is 6.88. The minimum atomic E-state index is 0. The van der Waals surface area contributed by atoms with Gasteiger partial charge in [-0.1, -0.05) is 83.9 Å². The van der Waals surface area contributed by atoms with Crippen LogP contribution in [0.4, 0.5) is 0 Å². The van der Waals surface area contributed by atoms with Gasteiger partial charge in [-0.2, -0.15) is 0 Å². The molecule has 4 aromatic rings. The molecule has 0 spiro atoms. The molecule has 29 heavy (non-hydrogen) atoms. The van der Waals surface area contributed by atoms with Crippen LogP contribution in [0, 0.1) is 13.8 Å². The first kappa shape index (κ1) is 19.9. The smallest absolute Gasteiger partial charge is 0 e. The van der Waals surface area contributed by atoms with Gasteiger partial charge in [0.1, 0.15) is 0 Å². The third-order valence-electron chi connectivity index (χ3n) is 6.09. The Morgan fingerprint density at radius 1 is 0.483 bits per heavy atom. The van der Waals surface area contributed by atoms with Crippen LogP contribution >= 0.6 is 0 Å². The van der Waals surface area contributed by atoms with E-state index in [2.05, 4.69) is 91.3 Å². The summed E-state index contributed by atoms with van der Waals surface area (Å²) in [4.78, 5) is 0. The standard InChI is InChI=1S/C27H19.CH3.Sc/c1-3-11-22-20(7-1)16-26-18(9-5-13-24(22)26)15-19-10-6-14-25-23-12-4-2-8-21(23)17-27(19)25;;/h1-15H,16-17H2;1H3;/q2*-1;. The first-order valence-corrected chi connectivity index (χ1v) is 9.63. The van der Waals surface area contributed by atoms with E-state index in [1.807, 2.05) is 0 Å². The molecule has 0 atom stereocenters. The zero-order valence-corrected chi connectivity index (χ0v) is 18.5. The fourth-order valence-corrected chi connectivity index (χ4v) is 4.80. The van der Waals surface area contributed by atoms with Gasteiger partial charge in [0.05, 0.1) is 0 Å². The van der Waals surface area contributed by atoms with Gasteiger partial charge in [-0.25, -0.2) is 0 Å². The Hall–Kier alpha value is -2.38. The number of hydrogen-bond donors (Lipinski definition) is 0. The normalized spacial score (nSPS) is 12.0. The van der Waals surface area contributed by atoms with Crippen molar-refractivity contribution in [3.8, 4) is 22.3 Å². The van der Waals surface area contributed by atoms with E-state index >= 15 is 0 Å². The maximum absolute atomic E-state index is 2.40. The van der Waals surface area contributed by atoms with Crippen molar-refractivity contribution in [1.29, 1.82) is 0 Å². The summed E-state index contributed by atoms with van der Waals surface area (Å²) in [6.07, 6.45) is 4.47. The van der Waals surface area contributed by atoms with Gasteiger partial charge in [-0.05, 0) is 46.2 Å². The number of rotatable bonds is 2. The molecule has 0 N–H and O–H groups in total. The molecule has 139 valence electrons. The average Bonchev–Trinajstić information content (AvgIpc) is 3.28. The monoisotopic (exact) mass is 403 g/mol. The van der Waals surface area contributed by atoms with Crippen LogP contribution in [0.1, 0.15) is 33.4 Å². The minimum Gasteiger partial charge on any atom is -0.358 e. The zero-order valence-electron chi connectivity index (χ0n) is 16.7. The van der Waals surface area contributed by atoms with Gasteiger partial charge in [0, 0.05) is 25.8 Å². The summed E-state index contributed by atoms with van der Waals surface area (Å²) in [6, 6.07) is 31.1. The second-order valence-electron chi connectivity index (χ2n) is 7.56. The Balaban J connectivity index is 0.00000102. The van der Waals surface area contributed by atoms with Gasteiger partial charge < -0.3 is 7.43 Å². The van der Waals surface area contributed by atoms with Gasteiger partial charge in [-0.15, -0.1) is 29.7 Å². The Morgan fingerprint density at radius 3 is 1.38 bits per heavy atom. The molecule has 0 heterocycles. The summed E-state index contributed by atoms with van der Waals surface area (Å²) < 4.78 is 0. The van der Waals surface area contributed by atoms with Crippen LogP contribution < -0.4 is 0 Å². The Labute approximate surface area is 192 Å². The molecule has 0 fully saturated rings. The first-order valence-electron chi connectivity index (χ1n) is 9.63. The van der Waals surface area contributed by atoms with Gasteiger partial charge >= 0.3 is 0 Å². The van der Waals surface area contributed by atoms with Crippen LogP contribution in [-0.2, 0) is 38.7 Å². The van der Waals surface area contributed by atoms with Gasteiger partial charge in [-0.3, -0.25) is 0 Å². The summed E-state index contributed by atoms with van der Waals surface area (Å²) in [7, 11) is 0. The van der Waals surface area contributed by atoms with Crippen molar-refractivity contribution >= 4 is 0 Å². The molecular formula is C28H22Sc-2. The molecule has 0 amide bonds. The van der Waals surface area contributed by atoms with Crippen LogP contribution in [0.3, 0.4) is 0 Å². The van der Waals surface area contributed by atoms with E-state index in [1.54, 1.807) is 0 Å². The summed E-state index contributed by atoms with van der Waals surface area (Å²) in [5.74, 6) is 0. The molecule has 0 aliphatic heterocycles. The fourth-order valence-electron chi connectivity index (χ4n) is 4.80. The average molecular weight is 403 g/mol. The Bertz CT molecular complexity index is 1110. The van der Waals surface area contributed by atoms with Crippen LogP contribution in [0.5, 0.6) is 0 Å². The molecule has 0 saturated heterocycles. The van der Waals surface area contributed by atoms with Gasteiger partial charge in [0.15, 0.2) is 0 Å². The first-order chi connectivity index (χ1) is 13.4. The maximum Gasteiger partial charge on any atom is 0 e. The minimum absolute atomic E-state index is 0. The van der Waals surface area contributed by atoms with E-state index < -0.39 is 0 Å². The second-order valence-corrected chi connectivity index (χ2v) is 7.56. The summed E-state index contributed by atoms with van der Waals surface area (Å²) in [5.41, 5.74) is 14.1. The van der Waals surface area contributed by atoms with Crippen molar-refractivity contribution in [1.82, 2.24) is 0 Å². The molecule has 0 nitrogen and oxygen atoms in total. The second kappa shape index (κ2) is 7.80. The third kappa shape index (κ3) is 3.13. The van der Waals surface area contributed by atoms with Crippen molar-refractivity contribution in [3.05, 3.63) is 132 Å². The number of hydrogen-bond acceptors (Lipinski definition) is 0. The van der Waals surface area contributed by atoms with Crippen LogP contribution in [-0.4, -0.2) is 0 Å². The molecule has 4 aromatic carbocycles. The number of fused-ring (bicyclic) bond motifs is 6. The Kier molecular flexibility index (Phi) is 5.36. The van der Waals surface area contributed by atoms with E-state index in [0.29, 0.717) is 0 Å². The van der Waals surface area contributed by atoms with Crippen molar-refractivity contribution in [2.75, 3.05) is 0 Å². The third-order valence-corrected chi connectivity index (χ3v) is 6.09. The number of benzene rings is 4. The Morgan fingerprint density at radius 2 is 0.897 bits per heavy atom. The molecule has 0 bridgehead atoms. The quantitative estimate of drug-likeness (QED) is 0.277.